The third-order valence-corrected chi connectivity index (χ3v) is 5.18. The maximum Gasteiger partial charge on any atom is 0.416 e. The average Bonchev–Trinajstić information content (AvgIpc) is 3.13. The molecule has 8 heteroatoms. The van der Waals surface area contributed by atoms with Gasteiger partial charge in [-0.3, -0.25) is 4.90 Å². The van der Waals surface area contributed by atoms with Crippen LogP contribution in [0, 0.1) is 5.92 Å². The molecule has 3 atom stereocenters. The molecule has 0 aliphatic carbocycles. The molecule has 0 spiro atoms. The summed E-state index contributed by atoms with van der Waals surface area (Å²) in [5, 5.41) is 3.32. The Labute approximate surface area is 196 Å². The van der Waals surface area contributed by atoms with Crippen LogP contribution >= 0.6 is 0 Å². The van der Waals surface area contributed by atoms with Crippen molar-refractivity contribution in [3.8, 4) is 5.75 Å². The third kappa shape index (κ3) is 6.81. The topological polar surface area (TPSA) is 85.8 Å². The third-order valence-electron chi connectivity index (χ3n) is 5.18. The van der Waals surface area contributed by atoms with Gasteiger partial charge in [0.2, 0.25) is 5.95 Å². The molecule has 33 heavy (non-hydrogen) atoms. The van der Waals surface area contributed by atoms with Crippen LogP contribution in [-0.4, -0.2) is 47.0 Å². The molecule has 1 N–H and O–H groups in total. The van der Waals surface area contributed by atoms with Crippen LogP contribution in [-0.2, 0) is 9.47 Å². The Morgan fingerprint density at radius 3 is 2.48 bits per heavy atom. The van der Waals surface area contributed by atoms with Crippen molar-refractivity contribution >= 4 is 17.9 Å². The molecule has 1 aliphatic heterocycles. The maximum absolute atomic E-state index is 12.5. The van der Waals surface area contributed by atoms with Crippen LogP contribution in [0.5, 0.6) is 5.75 Å². The number of amides is 1. The molecule has 180 valence electrons. The van der Waals surface area contributed by atoms with Crippen LogP contribution in [0.25, 0.3) is 0 Å². The lowest BCUT2D eigenvalue weighted by Gasteiger charge is -2.31. The zero-order valence-corrected chi connectivity index (χ0v) is 20.7. The number of benzene rings is 1. The van der Waals surface area contributed by atoms with Crippen LogP contribution < -0.4 is 15.0 Å². The lowest BCUT2D eigenvalue weighted by atomic mass is 10.1. The van der Waals surface area contributed by atoms with E-state index in [4.69, 9.17) is 14.2 Å². The van der Waals surface area contributed by atoms with Gasteiger partial charge in [-0.05, 0) is 64.3 Å². The van der Waals surface area contributed by atoms with Gasteiger partial charge in [-0.15, -0.1) is 0 Å². The predicted molar refractivity (Wildman–Crippen MR) is 129 cm³/mol. The molecule has 1 aliphatic rings. The Bertz CT molecular complexity index is 927. The number of cyclic esters (lactones) is 1. The minimum Gasteiger partial charge on any atom is -0.493 e. The first-order valence-corrected chi connectivity index (χ1v) is 11.5. The molecule has 1 aromatic heterocycles. The standard InChI is InChI=1S/C25H36N4O4/c1-16(2)14-31-20-10-8-19(9-11-20)17(3)27-23-26-13-12-22(28-23)29-21(15-32-24(29)30)18(4)33-25(5,6)7/h8-13,16-18,21H,14-15H2,1-7H3,(H,26,27,28)/t17-,18+,21+/m0/s1. The molecule has 0 radical (unpaired) electrons. The highest BCUT2D eigenvalue weighted by Gasteiger charge is 2.40. The first kappa shape index (κ1) is 24.8. The Morgan fingerprint density at radius 1 is 1.15 bits per heavy atom. The monoisotopic (exact) mass is 456 g/mol. The van der Waals surface area contributed by atoms with Gasteiger partial charge in [0.1, 0.15) is 24.2 Å². The van der Waals surface area contributed by atoms with Crippen molar-refractivity contribution in [2.75, 3.05) is 23.4 Å². The van der Waals surface area contributed by atoms with Crippen LogP contribution in [0.3, 0.4) is 0 Å². The number of nitrogens with zero attached hydrogens (tertiary/aromatic N) is 3. The van der Waals surface area contributed by atoms with Gasteiger partial charge in [-0.25, -0.2) is 9.78 Å². The molecular formula is C25H36N4O4. The lowest BCUT2D eigenvalue weighted by Crippen LogP contribution is -2.45. The second-order valence-corrected chi connectivity index (χ2v) is 9.83. The van der Waals surface area contributed by atoms with E-state index in [0.29, 0.717) is 24.3 Å². The van der Waals surface area contributed by atoms with E-state index in [-0.39, 0.29) is 30.4 Å². The highest BCUT2D eigenvalue weighted by Crippen LogP contribution is 2.27. The van der Waals surface area contributed by atoms with E-state index in [1.54, 1.807) is 17.2 Å². The number of carbonyl (C=O) groups excluding carboxylic acids is 1. The highest BCUT2D eigenvalue weighted by atomic mass is 16.6. The molecule has 3 rings (SSSR count). The summed E-state index contributed by atoms with van der Waals surface area (Å²) in [6, 6.07) is 9.38. The van der Waals surface area contributed by atoms with Crippen molar-refractivity contribution in [2.24, 2.45) is 5.92 Å². The minimum atomic E-state index is -0.431. The molecule has 0 unspecified atom stereocenters. The second kappa shape index (κ2) is 10.4. The molecule has 1 aromatic carbocycles. The van der Waals surface area contributed by atoms with Crippen molar-refractivity contribution in [3.05, 3.63) is 42.1 Å². The number of ether oxygens (including phenoxy) is 3. The van der Waals surface area contributed by atoms with Crippen molar-refractivity contribution in [2.45, 2.75) is 72.3 Å². The Hall–Kier alpha value is -2.87. The fourth-order valence-electron chi connectivity index (χ4n) is 3.63. The zero-order valence-electron chi connectivity index (χ0n) is 20.7. The SMILES string of the molecule is CC(C)COc1ccc([C@H](C)Nc2nccc(N3C(=O)OC[C@@H]3[C@@H](C)OC(C)(C)C)n2)cc1. The lowest BCUT2D eigenvalue weighted by molar-refractivity contribution is -0.0618. The Morgan fingerprint density at radius 2 is 1.85 bits per heavy atom. The van der Waals surface area contributed by atoms with Crippen LogP contribution in [0.2, 0.25) is 0 Å². The summed E-state index contributed by atoms with van der Waals surface area (Å²) in [4.78, 5) is 23.0. The number of hydrogen-bond acceptors (Lipinski definition) is 7. The minimum absolute atomic E-state index is 0.0381. The Kier molecular flexibility index (Phi) is 7.79. The van der Waals surface area contributed by atoms with E-state index in [9.17, 15) is 4.79 Å². The molecule has 0 bridgehead atoms. The maximum atomic E-state index is 12.5. The number of aromatic nitrogens is 2. The van der Waals surface area contributed by atoms with Gasteiger partial charge >= 0.3 is 6.09 Å². The Balaban J connectivity index is 1.70. The summed E-state index contributed by atoms with van der Waals surface area (Å²) in [5.41, 5.74) is 0.742. The van der Waals surface area contributed by atoms with Gasteiger partial charge in [0.25, 0.3) is 0 Å². The van der Waals surface area contributed by atoms with Crippen LogP contribution in [0.4, 0.5) is 16.6 Å². The summed E-state index contributed by atoms with van der Waals surface area (Å²) < 4.78 is 17.1. The van der Waals surface area contributed by atoms with Crippen molar-refractivity contribution in [3.63, 3.8) is 0 Å². The van der Waals surface area contributed by atoms with E-state index in [2.05, 4.69) is 29.1 Å². The fourth-order valence-corrected chi connectivity index (χ4v) is 3.63. The van der Waals surface area contributed by atoms with E-state index < -0.39 is 6.09 Å². The van der Waals surface area contributed by atoms with Gasteiger partial charge in [0.15, 0.2) is 0 Å². The zero-order chi connectivity index (χ0) is 24.2. The van der Waals surface area contributed by atoms with E-state index in [1.807, 2.05) is 58.9 Å². The number of rotatable bonds is 9. The fraction of sp³-hybridized carbons (Fsp3) is 0.560. The summed E-state index contributed by atoms with van der Waals surface area (Å²) in [6.07, 6.45) is 0.982. The number of anilines is 2. The quantitative estimate of drug-likeness (QED) is 0.554. The molecule has 0 saturated carbocycles. The van der Waals surface area contributed by atoms with Crippen LogP contribution in [0.15, 0.2) is 36.5 Å². The average molecular weight is 457 g/mol. The van der Waals surface area contributed by atoms with Gasteiger partial charge in [0, 0.05) is 6.20 Å². The molecule has 2 aromatic rings. The first-order chi connectivity index (χ1) is 15.5. The molecule has 1 fully saturated rings. The van der Waals surface area contributed by atoms with Crippen molar-refractivity contribution in [1.29, 1.82) is 0 Å². The van der Waals surface area contributed by atoms with E-state index in [1.165, 1.54) is 0 Å². The summed E-state index contributed by atoms with van der Waals surface area (Å²) in [6.45, 7) is 15.1. The van der Waals surface area contributed by atoms with Gasteiger partial charge < -0.3 is 19.5 Å². The van der Waals surface area contributed by atoms with Gasteiger partial charge in [0.05, 0.1) is 24.4 Å². The molecule has 2 heterocycles. The van der Waals surface area contributed by atoms with Crippen molar-refractivity contribution in [1.82, 2.24) is 9.97 Å². The van der Waals surface area contributed by atoms with E-state index in [0.717, 1.165) is 11.3 Å². The second-order valence-electron chi connectivity index (χ2n) is 9.83. The van der Waals surface area contributed by atoms with Crippen molar-refractivity contribution < 1.29 is 19.0 Å². The predicted octanol–water partition coefficient (Wildman–Crippen LogP) is 5.21. The molecule has 1 amide bonds. The van der Waals surface area contributed by atoms with E-state index >= 15 is 0 Å². The first-order valence-electron chi connectivity index (χ1n) is 11.5. The normalized spacial score (nSPS) is 18.2. The van der Waals surface area contributed by atoms with Gasteiger partial charge in [-0.1, -0.05) is 26.0 Å². The van der Waals surface area contributed by atoms with Crippen LogP contribution in [0.1, 0.15) is 60.1 Å². The summed E-state index contributed by atoms with van der Waals surface area (Å²) in [7, 11) is 0. The number of nitrogens with one attached hydrogen (secondary N) is 1. The number of carbonyl (C=O) groups is 1. The molecule has 1 saturated heterocycles. The smallest absolute Gasteiger partial charge is 0.416 e. The summed E-state index contributed by atoms with van der Waals surface area (Å²) >= 11 is 0. The van der Waals surface area contributed by atoms with Gasteiger partial charge in [-0.2, -0.15) is 4.98 Å². The number of hydrogen-bond donors (Lipinski definition) is 1. The summed E-state index contributed by atoms with van der Waals surface area (Å²) in [5.74, 6) is 2.24. The molecule has 8 nitrogen and oxygen atoms in total. The molecular weight excluding hydrogens is 420 g/mol. The highest BCUT2D eigenvalue weighted by molar-refractivity contribution is 5.89. The largest absolute Gasteiger partial charge is 0.493 e.